The molecule has 0 atom stereocenters. The van der Waals surface area contributed by atoms with Gasteiger partial charge >= 0.3 is 0 Å². The van der Waals surface area contributed by atoms with Gasteiger partial charge in [0.2, 0.25) is 0 Å². The van der Waals surface area contributed by atoms with E-state index in [1.54, 1.807) is 6.20 Å². The highest BCUT2D eigenvalue weighted by Crippen LogP contribution is 2.32. The van der Waals surface area contributed by atoms with Crippen LogP contribution in [0.4, 0.5) is 5.82 Å². The molecule has 1 heterocycles. The average Bonchev–Trinajstić information content (AvgIpc) is 3.12. The van der Waals surface area contributed by atoms with Crippen LogP contribution in [0.3, 0.4) is 0 Å². The molecule has 1 aromatic heterocycles. The number of anilines is 1. The molecule has 0 unspecified atom stereocenters. The second-order valence-electron chi connectivity index (χ2n) is 4.32. The summed E-state index contributed by atoms with van der Waals surface area (Å²) < 4.78 is 0.873. The largest absolute Gasteiger partial charge is 0.392 e. The number of pyridine rings is 1. The predicted octanol–water partition coefficient (Wildman–Crippen LogP) is 2.19. The Hall–Kier alpha value is -1.05. The second kappa shape index (κ2) is 5.52. The first-order valence-electron chi connectivity index (χ1n) is 5.68. The van der Waals surface area contributed by atoms with Gasteiger partial charge in [-0.1, -0.05) is 5.92 Å². The van der Waals surface area contributed by atoms with Crippen molar-refractivity contribution in [1.29, 1.82) is 0 Å². The maximum atomic E-state index is 9.37. The maximum absolute atomic E-state index is 9.37. The zero-order valence-corrected chi connectivity index (χ0v) is 11.2. The Morgan fingerprint density at radius 1 is 1.59 bits per heavy atom. The van der Waals surface area contributed by atoms with E-state index in [0.717, 1.165) is 28.3 Å². The summed E-state index contributed by atoms with van der Waals surface area (Å²) in [7, 11) is 0. The summed E-state index contributed by atoms with van der Waals surface area (Å²) in [4.78, 5) is 6.45. The van der Waals surface area contributed by atoms with Crippen molar-refractivity contribution >= 4 is 21.7 Å². The molecule has 0 radical (unpaired) electrons. The first-order chi connectivity index (χ1) is 8.24. The summed E-state index contributed by atoms with van der Waals surface area (Å²) >= 11 is 3.36. The minimum Gasteiger partial charge on any atom is -0.392 e. The lowest BCUT2D eigenvalue weighted by molar-refractivity contribution is 0.281. The molecule has 3 nitrogen and oxygen atoms in total. The topological polar surface area (TPSA) is 36.4 Å². The van der Waals surface area contributed by atoms with E-state index in [-0.39, 0.29) is 6.61 Å². The van der Waals surface area contributed by atoms with Crippen LogP contribution in [0.25, 0.3) is 0 Å². The third kappa shape index (κ3) is 3.21. The predicted molar refractivity (Wildman–Crippen MR) is 71.6 cm³/mol. The summed E-state index contributed by atoms with van der Waals surface area (Å²) in [6, 6.07) is 1.89. The van der Waals surface area contributed by atoms with E-state index < -0.39 is 0 Å². The fraction of sp³-hybridized carbons (Fsp3) is 0.462. The summed E-state index contributed by atoms with van der Waals surface area (Å²) in [5.41, 5.74) is 0.815. The van der Waals surface area contributed by atoms with Crippen LogP contribution < -0.4 is 4.90 Å². The molecule has 1 saturated carbocycles. The van der Waals surface area contributed by atoms with Crippen molar-refractivity contribution in [2.24, 2.45) is 5.92 Å². The Kier molecular flexibility index (Phi) is 4.03. The minimum absolute atomic E-state index is 0.0203. The van der Waals surface area contributed by atoms with Gasteiger partial charge in [0.25, 0.3) is 0 Å². The van der Waals surface area contributed by atoms with Gasteiger partial charge in [0, 0.05) is 22.8 Å². The quantitative estimate of drug-likeness (QED) is 0.846. The van der Waals surface area contributed by atoms with Gasteiger partial charge in [-0.3, -0.25) is 0 Å². The molecule has 0 amide bonds. The molecule has 2 rings (SSSR count). The first kappa shape index (κ1) is 12.4. The Balaban J connectivity index is 2.23. The van der Waals surface area contributed by atoms with E-state index in [9.17, 15) is 5.11 Å². The van der Waals surface area contributed by atoms with Crippen LogP contribution >= 0.6 is 15.9 Å². The average molecular weight is 295 g/mol. The number of aliphatic hydroxyl groups is 1. The van der Waals surface area contributed by atoms with Gasteiger partial charge in [-0.2, -0.15) is 0 Å². The van der Waals surface area contributed by atoms with Crippen LogP contribution in [0.2, 0.25) is 0 Å². The van der Waals surface area contributed by atoms with Crippen molar-refractivity contribution in [2.45, 2.75) is 19.4 Å². The second-order valence-corrected chi connectivity index (χ2v) is 5.24. The molecule has 0 aromatic carbocycles. The van der Waals surface area contributed by atoms with E-state index in [2.05, 4.69) is 31.7 Å². The highest BCUT2D eigenvalue weighted by Gasteiger charge is 2.25. The van der Waals surface area contributed by atoms with Crippen molar-refractivity contribution in [3.8, 4) is 12.3 Å². The van der Waals surface area contributed by atoms with E-state index in [1.807, 2.05) is 6.07 Å². The van der Waals surface area contributed by atoms with E-state index >= 15 is 0 Å². The fourth-order valence-electron chi connectivity index (χ4n) is 1.82. The van der Waals surface area contributed by atoms with Crippen LogP contribution in [0.5, 0.6) is 0 Å². The fourth-order valence-corrected chi connectivity index (χ4v) is 2.20. The standard InChI is InChI=1S/C13H15BrN2O/c1-2-5-16(8-10-3-4-10)13-11(9-17)6-12(14)7-15-13/h1,6-7,10,17H,3-5,8-9H2. The SMILES string of the molecule is C#CCN(CC1CC1)c1ncc(Br)cc1CO. The Morgan fingerprint density at radius 2 is 2.35 bits per heavy atom. The number of aromatic nitrogens is 1. The molecule has 1 aliphatic carbocycles. The summed E-state index contributed by atoms with van der Waals surface area (Å²) in [5, 5.41) is 9.37. The van der Waals surface area contributed by atoms with Gasteiger partial charge < -0.3 is 10.0 Å². The Bertz CT molecular complexity index is 438. The number of halogens is 1. The number of rotatable bonds is 5. The highest BCUT2D eigenvalue weighted by molar-refractivity contribution is 9.10. The molecule has 1 aromatic rings. The van der Waals surface area contributed by atoms with Crippen LogP contribution in [0, 0.1) is 18.3 Å². The molecule has 0 aliphatic heterocycles. The highest BCUT2D eigenvalue weighted by atomic mass is 79.9. The van der Waals surface area contributed by atoms with Crippen molar-refractivity contribution in [3.63, 3.8) is 0 Å². The summed E-state index contributed by atoms with van der Waals surface area (Å²) in [5.74, 6) is 4.20. The van der Waals surface area contributed by atoms with Gasteiger partial charge in [-0.25, -0.2) is 4.98 Å². The monoisotopic (exact) mass is 294 g/mol. The number of aliphatic hydroxyl groups excluding tert-OH is 1. The molecule has 1 fully saturated rings. The molecule has 0 saturated heterocycles. The van der Waals surface area contributed by atoms with Crippen LogP contribution in [-0.4, -0.2) is 23.2 Å². The lowest BCUT2D eigenvalue weighted by Gasteiger charge is -2.23. The first-order valence-corrected chi connectivity index (χ1v) is 6.47. The lowest BCUT2D eigenvalue weighted by Crippen LogP contribution is -2.28. The van der Waals surface area contributed by atoms with Crippen LogP contribution in [-0.2, 0) is 6.61 Å². The van der Waals surface area contributed by atoms with Crippen LogP contribution in [0.15, 0.2) is 16.7 Å². The van der Waals surface area contributed by atoms with Crippen molar-refractivity contribution in [2.75, 3.05) is 18.0 Å². The lowest BCUT2D eigenvalue weighted by atomic mass is 10.2. The van der Waals surface area contributed by atoms with Crippen molar-refractivity contribution in [1.82, 2.24) is 4.98 Å². The zero-order chi connectivity index (χ0) is 12.3. The minimum atomic E-state index is -0.0203. The number of hydrogen-bond donors (Lipinski definition) is 1. The van der Waals surface area contributed by atoms with Crippen molar-refractivity contribution in [3.05, 3.63) is 22.3 Å². The maximum Gasteiger partial charge on any atom is 0.134 e. The van der Waals surface area contributed by atoms with Crippen molar-refractivity contribution < 1.29 is 5.11 Å². The van der Waals surface area contributed by atoms with Gasteiger partial charge in [0.15, 0.2) is 0 Å². The number of nitrogens with zero attached hydrogens (tertiary/aromatic N) is 2. The number of terminal acetylenes is 1. The molecule has 0 spiro atoms. The molecular weight excluding hydrogens is 280 g/mol. The molecule has 1 N–H and O–H groups in total. The molecule has 90 valence electrons. The van der Waals surface area contributed by atoms with Crippen LogP contribution in [0.1, 0.15) is 18.4 Å². The third-order valence-electron chi connectivity index (χ3n) is 2.84. The van der Waals surface area contributed by atoms with E-state index in [4.69, 9.17) is 6.42 Å². The van der Waals surface area contributed by atoms with E-state index in [0.29, 0.717) is 6.54 Å². The molecule has 0 bridgehead atoms. The normalized spacial score (nSPS) is 14.4. The molecule has 1 aliphatic rings. The third-order valence-corrected chi connectivity index (χ3v) is 3.27. The van der Waals surface area contributed by atoms with Gasteiger partial charge in [-0.15, -0.1) is 6.42 Å². The molecular formula is C13H15BrN2O. The summed E-state index contributed by atoms with van der Waals surface area (Å²) in [6.45, 7) is 1.46. The zero-order valence-electron chi connectivity index (χ0n) is 9.56. The number of hydrogen-bond acceptors (Lipinski definition) is 3. The van der Waals surface area contributed by atoms with Gasteiger partial charge in [0.1, 0.15) is 5.82 Å². The molecule has 17 heavy (non-hydrogen) atoms. The Morgan fingerprint density at radius 3 is 2.94 bits per heavy atom. The smallest absolute Gasteiger partial charge is 0.134 e. The molecule has 4 heteroatoms. The van der Waals surface area contributed by atoms with Gasteiger partial charge in [0.05, 0.1) is 13.2 Å². The van der Waals surface area contributed by atoms with Gasteiger partial charge in [-0.05, 0) is 40.8 Å². The summed E-state index contributed by atoms with van der Waals surface area (Å²) in [6.07, 6.45) is 9.67. The Labute approximate surface area is 110 Å². The van der Waals surface area contributed by atoms with E-state index in [1.165, 1.54) is 12.8 Å².